The fraction of sp³-hybridized carbons (Fsp3) is 0.261. The molecule has 0 aliphatic rings. The van der Waals surface area contributed by atoms with E-state index in [1.54, 1.807) is 20.8 Å². The summed E-state index contributed by atoms with van der Waals surface area (Å²) in [6.07, 6.45) is 0.681. The lowest BCUT2D eigenvalue weighted by molar-refractivity contribution is 0.0285. The van der Waals surface area contributed by atoms with Crippen LogP contribution in [-0.2, 0) is 21.3 Å². The number of halogens is 2. The smallest absolute Gasteiger partial charge is 0.410 e. The van der Waals surface area contributed by atoms with E-state index in [2.05, 4.69) is 0 Å². The number of benzene rings is 2. The Hall–Kier alpha value is -3.40. The molecule has 0 saturated carbocycles. The number of aromatic nitrogens is 1. The van der Waals surface area contributed by atoms with Gasteiger partial charge in [-0.3, -0.25) is 0 Å². The maximum Gasteiger partial charge on any atom is 0.410 e. The van der Waals surface area contributed by atoms with Gasteiger partial charge < -0.3 is 15.4 Å². The standard InChI is InChI=1S/C23H25F2N3O4S/c1-23(2,3)32-22(29)27(4)13-15-10-21(19-9-8-16(24)11-20(19)25)28(14-15)33(30,31)18-7-5-6-17(26)12-18/h5-12,14H,13,26H2,1-4H3. The number of rotatable bonds is 5. The molecule has 0 bridgehead atoms. The third kappa shape index (κ3) is 5.51. The highest BCUT2D eigenvalue weighted by Gasteiger charge is 2.25. The Morgan fingerprint density at radius 1 is 1.12 bits per heavy atom. The van der Waals surface area contributed by atoms with Gasteiger partial charge in [-0.05, 0) is 62.7 Å². The number of anilines is 1. The minimum Gasteiger partial charge on any atom is -0.444 e. The number of carbonyl (C=O) groups is 1. The number of nitrogens with two attached hydrogens (primary N) is 1. The summed E-state index contributed by atoms with van der Waals surface area (Å²) in [7, 11) is -2.69. The summed E-state index contributed by atoms with van der Waals surface area (Å²) in [5, 5.41) is 0. The molecule has 0 fully saturated rings. The lowest BCUT2D eigenvalue weighted by atomic mass is 10.1. The molecule has 3 aromatic rings. The van der Waals surface area contributed by atoms with Gasteiger partial charge in [0.1, 0.15) is 17.2 Å². The molecule has 2 N–H and O–H groups in total. The zero-order valence-corrected chi connectivity index (χ0v) is 19.5. The molecule has 0 aliphatic carbocycles. The van der Waals surface area contributed by atoms with Crippen molar-refractivity contribution in [3.05, 3.63) is 71.9 Å². The summed E-state index contributed by atoms with van der Waals surface area (Å²) < 4.78 is 61.1. The van der Waals surface area contributed by atoms with Crippen molar-refractivity contribution in [2.45, 2.75) is 37.8 Å². The third-order valence-corrected chi connectivity index (χ3v) is 6.26. The number of carbonyl (C=O) groups excluding carboxylic acids is 1. The number of ether oxygens (including phenoxy) is 1. The van der Waals surface area contributed by atoms with E-state index in [1.807, 2.05) is 0 Å². The summed E-state index contributed by atoms with van der Waals surface area (Å²) in [5.74, 6) is -1.72. The molecule has 2 aromatic carbocycles. The Bertz CT molecular complexity index is 1300. The molecule has 1 heterocycles. The highest BCUT2D eigenvalue weighted by Crippen LogP contribution is 2.30. The first-order chi connectivity index (χ1) is 15.3. The quantitative estimate of drug-likeness (QED) is 0.541. The largest absolute Gasteiger partial charge is 0.444 e. The van der Waals surface area contributed by atoms with E-state index in [4.69, 9.17) is 10.5 Å². The van der Waals surface area contributed by atoms with Gasteiger partial charge in [-0.2, -0.15) is 0 Å². The lowest BCUT2D eigenvalue weighted by Gasteiger charge is -2.24. The first-order valence-corrected chi connectivity index (χ1v) is 11.4. The van der Waals surface area contributed by atoms with Gasteiger partial charge in [-0.15, -0.1) is 0 Å². The number of nitrogens with zero attached hydrogens (tertiary/aromatic N) is 2. The number of amides is 1. The molecule has 10 heteroatoms. The van der Waals surface area contributed by atoms with Crippen LogP contribution in [0.3, 0.4) is 0 Å². The topological polar surface area (TPSA) is 94.6 Å². The fourth-order valence-electron chi connectivity index (χ4n) is 3.14. The van der Waals surface area contributed by atoms with Crippen molar-refractivity contribution >= 4 is 21.8 Å². The highest BCUT2D eigenvalue weighted by atomic mass is 32.2. The summed E-state index contributed by atoms with van der Waals surface area (Å²) in [4.78, 5) is 13.5. The second-order valence-electron chi connectivity index (χ2n) is 8.57. The normalized spacial score (nSPS) is 11.9. The Kier molecular flexibility index (Phi) is 6.51. The second-order valence-corrected chi connectivity index (χ2v) is 10.4. The number of nitrogen functional groups attached to an aromatic ring is 1. The van der Waals surface area contributed by atoms with Crippen LogP contribution < -0.4 is 5.73 Å². The van der Waals surface area contributed by atoms with Crippen LogP contribution in [0, 0.1) is 11.6 Å². The molecular weight excluding hydrogens is 452 g/mol. The summed E-state index contributed by atoms with van der Waals surface area (Å²) >= 11 is 0. The highest BCUT2D eigenvalue weighted by molar-refractivity contribution is 7.90. The van der Waals surface area contributed by atoms with Crippen LogP contribution in [0.2, 0.25) is 0 Å². The molecule has 0 aliphatic heterocycles. The first kappa shape index (κ1) is 24.2. The molecule has 1 aromatic heterocycles. The Morgan fingerprint density at radius 2 is 1.82 bits per heavy atom. The van der Waals surface area contributed by atoms with Gasteiger partial charge >= 0.3 is 6.09 Å². The predicted octanol–water partition coefficient (Wildman–Crippen LogP) is 4.62. The monoisotopic (exact) mass is 477 g/mol. The van der Waals surface area contributed by atoms with Crippen molar-refractivity contribution in [2.24, 2.45) is 0 Å². The maximum absolute atomic E-state index is 14.6. The molecule has 0 spiro atoms. The predicted molar refractivity (Wildman–Crippen MR) is 121 cm³/mol. The van der Waals surface area contributed by atoms with Gasteiger partial charge in [0.15, 0.2) is 0 Å². The molecule has 0 unspecified atom stereocenters. The number of hydrogen-bond donors (Lipinski definition) is 1. The molecule has 1 amide bonds. The third-order valence-electron chi connectivity index (χ3n) is 4.59. The van der Waals surface area contributed by atoms with Crippen LogP contribution in [0.5, 0.6) is 0 Å². The van der Waals surface area contributed by atoms with E-state index in [9.17, 15) is 22.0 Å². The average molecular weight is 478 g/mol. The van der Waals surface area contributed by atoms with Crippen molar-refractivity contribution in [3.8, 4) is 11.3 Å². The summed E-state index contributed by atoms with van der Waals surface area (Å²) in [6, 6.07) is 9.97. The van der Waals surface area contributed by atoms with Gasteiger partial charge in [0.05, 0.1) is 17.1 Å². The van der Waals surface area contributed by atoms with Crippen molar-refractivity contribution in [1.29, 1.82) is 0 Å². The van der Waals surface area contributed by atoms with Crippen LogP contribution in [0.25, 0.3) is 11.3 Å². The van der Waals surface area contributed by atoms with Gasteiger partial charge in [-0.1, -0.05) is 6.07 Å². The zero-order valence-electron chi connectivity index (χ0n) is 18.7. The Balaban J connectivity index is 2.10. The Morgan fingerprint density at radius 3 is 2.42 bits per heavy atom. The molecular formula is C23H25F2N3O4S. The van der Waals surface area contributed by atoms with Crippen LogP contribution in [-0.4, -0.2) is 36.0 Å². The molecule has 0 radical (unpaired) electrons. The van der Waals surface area contributed by atoms with E-state index in [-0.39, 0.29) is 28.4 Å². The van der Waals surface area contributed by atoms with E-state index < -0.39 is 33.4 Å². The summed E-state index contributed by atoms with van der Waals surface area (Å²) in [6.45, 7) is 5.17. The van der Waals surface area contributed by atoms with Gasteiger partial charge in [0, 0.05) is 30.6 Å². The van der Waals surface area contributed by atoms with E-state index in [0.717, 1.165) is 16.1 Å². The molecule has 3 rings (SSSR count). The number of hydrogen-bond acceptors (Lipinski definition) is 5. The Labute approximate surface area is 191 Å². The maximum atomic E-state index is 14.6. The van der Waals surface area contributed by atoms with Crippen molar-refractivity contribution in [1.82, 2.24) is 8.87 Å². The molecule has 0 saturated heterocycles. The van der Waals surface area contributed by atoms with Gasteiger partial charge in [-0.25, -0.2) is 26.0 Å². The minimum atomic E-state index is -4.19. The molecule has 176 valence electrons. The molecule has 7 nitrogen and oxygen atoms in total. The minimum absolute atomic E-state index is 0.00975. The van der Waals surface area contributed by atoms with Gasteiger partial charge in [0.2, 0.25) is 0 Å². The first-order valence-electron chi connectivity index (χ1n) is 10.00. The molecule has 33 heavy (non-hydrogen) atoms. The second kappa shape index (κ2) is 8.86. The van der Waals surface area contributed by atoms with E-state index in [1.165, 1.54) is 48.5 Å². The van der Waals surface area contributed by atoms with Crippen molar-refractivity contribution < 1.29 is 26.7 Å². The lowest BCUT2D eigenvalue weighted by Crippen LogP contribution is -2.33. The summed E-state index contributed by atoms with van der Waals surface area (Å²) in [5.41, 5.74) is 5.53. The van der Waals surface area contributed by atoms with E-state index in [0.29, 0.717) is 11.6 Å². The van der Waals surface area contributed by atoms with Crippen LogP contribution >= 0.6 is 0 Å². The SMILES string of the molecule is CN(Cc1cc(-c2ccc(F)cc2F)n(S(=O)(=O)c2cccc(N)c2)c1)C(=O)OC(C)(C)C. The zero-order chi connectivity index (χ0) is 24.6. The van der Waals surface area contributed by atoms with Crippen LogP contribution in [0.15, 0.2) is 59.6 Å². The van der Waals surface area contributed by atoms with E-state index >= 15 is 0 Å². The fourth-order valence-corrected chi connectivity index (χ4v) is 4.59. The van der Waals surface area contributed by atoms with Crippen molar-refractivity contribution in [2.75, 3.05) is 12.8 Å². The van der Waals surface area contributed by atoms with Crippen LogP contribution in [0.1, 0.15) is 26.3 Å². The molecule has 0 atom stereocenters. The van der Waals surface area contributed by atoms with Gasteiger partial charge in [0.25, 0.3) is 10.0 Å². The van der Waals surface area contributed by atoms with Crippen LogP contribution in [0.4, 0.5) is 19.3 Å². The average Bonchev–Trinajstić information content (AvgIpc) is 3.11. The van der Waals surface area contributed by atoms with Crippen molar-refractivity contribution in [3.63, 3.8) is 0 Å².